The first-order valence-corrected chi connectivity index (χ1v) is 7.67. The zero-order valence-corrected chi connectivity index (χ0v) is 14.1. The maximum atomic E-state index is 11.7. The van der Waals surface area contributed by atoms with Crippen molar-refractivity contribution in [2.75, 3.05) is 5.73 Å². The highest BCUT2D eigenvalue weighted by molar-refractivity contribution is 5.77. The second-order valence-corrected chi connectivity index (χ2v) is 6.65. The van der Waals surface area contributed by atoms with Crippen LogP contribution in [0.5, 0.6) is 0 Å². The number of nitrogens with two attached hydrogens (primary N) is 1. The lowest BCUT2D eigenvalue weighted by Crippen LogP contribution is -2.32. The number of nitrogens with one attached hydrogen (secondary N) is 1. The topological polar surface area (TPSA) is 64.3 Å². The number of nitrogen functional groups attached to an aromatic ring is 1. The van der Waals surface area contributed by atoms with E-state index in [1.54, 1.807) is 0 Å². The molecule has 2 aromatic rings. The molecule has 0 aliphatic carbocycles. The van der Waals surface area contributed by atoms with Crippen LogP contribution >= 0.6 is 0 Å². The summed E-state index contributed by atoms with van der Waals surface area (Å²) in [6.07, 6.45) is -0.432. The molecule has 4 heteroatoms. The van der Waals surface area contributed by atoms with Crippen molar-refractivity contribution in [2.24, 2.45) is 0 Å². The molecule has 0 saturated heterocycles. The van der Waals surface area contributed by atoms with Gasteiger partial charge >= 0.3 is 6.09 Å². The Morgan fingerprint density at radius 1 is 1.17 bits per heavy atom. The first kappa shape index (κ1) is 16.9. The molecule has 0 aliphatic heterocycles. The number of carbonyl (C=O) groups is 1. The minimum absolute atomic E-state index is 0.382. The van der Waals surface area contributed by atoms with Gasteiger partial charge in [0.2, 0.25) is 0 Å². The highest BCUT2D eigenvalue weighted by atomic mass is 16.6. The highest BCUT2D eigenvalue weighted by Crippen LogP contribution is 2.27. The summed E-state index contributed by atoms with van der Waals surface area (Å²) in [7, 11) is 0. The first-order valence-electron chi connectivity index (χ1n) is 7.67. The van der Waals surface area contributed by atoms with Crippen LogP contribution in [0.4, 0.5) is 10.5 Å². The first-order chi connectivity index (χ1) is 10.7. The van der Waals surface area contributed by atoms with E-state index in [0.717, 1.165) is 16.7 Å². The van der Waals surface area contributed by atoms with Gasteiger partial charge in [-0.25, -0.2) is 4.79 Å². The molecular weight excluding hydrogens is 288 g/mol. The molecule has 0 saturated carbocycles. The van der Waals surface area contributed by atoms with E-state index in [-0.39, 0.29) is 0 Å². The summed E-state index contributed by atoms with van der Waals surface area (Å²) >= 11 is 0. The number of carbonyl (C=O) groups excluding carboxylic acids is 1. The molecule has 2 aromatic carbocycles. The predicted octanol–water partition coefficient (Wildman–Crippen LogP) is 4.27. The molecule has 3 N–H and O–H groups in total. The Balaban J connectivity index is 2.06. The van der Waals surface area contributed by atoms with Crippen molar-refractivity contribution in [3.63, 3.8) is 0 Å². The van der Waals surface area contributed by atoms with E-state index >= 15 is 0 Å². The van der Waals surface area contributed by atoms with E-state index in [2.05, 4.69) is 24.4 Å². The fraction of sp³-hybridized carbons (Fsp3) is 0.316. The largest absolute Gasteiger partial charge is 0.444 e. The lowest BCUT2D eigenvalue weighted by molar-refractivity contribution is 0.0523. The third kappa shape index (κ3) is 5.02. The van der Waals surface area contributed by atoms with Gasteiger partial charge in [-0.3, -0.25) is 0 Å². The number of amides is 1. The van der Waals surface area contributed by atoms with E-state index in [9.17, 15) is 4.79 Å². The Morgan fingerprint density at radius 3 is 2.52 bits per heavy atom. The Kier molecular flexibility index (Phi) is 4.94. The minimum atomic E-state index is -0.502. The fourth-order valence-electron chi connectivity index (χ4n) is 2.29. The molecule has 0 unspecified atom stereocenters. The summed E-state index contributed by atoms with van der Waals surface area (Å²) in [4.78, 5) is 11.7. The molecule has 0 bridgehead atoms. The molecule has 0 aliphatic rings. The third-order valence-corrected chi connectivity index (χ3v) is 3.28. The number of rotatable bonds is 3. The Hall–Kier alpha value is -2.49. The zero-order valence-electron chi connectivity index (χ0n) is 14.1. The predicted molar refractivity (Wildman–Crippen MR) is 94.1 cm³/mol. The van der Waals surface area contributed by atoms with Gasteiger partial charge in [-0.1, -0.05) is 42.0 Å². The van der Waals surface area contributed by atoms with Crippen LogP contribution in [0, 0.1) is 6.92 Å². The number of hydrogen-bond acceptors (Lipinski definition) is 3. The molecule has 0 radical (unpaired) electrons. The average Bonchev–Trinajstić information content (AvgIpc) is 2.43. The molecule has 0 aromatic heterocycles. The van der Waals surface area contributed by atoms with E-state index in [0.29, 0.717) is 12.2 Å². The third-order valence-electron chi connectivity index (χ3n) is 3.28. The van der Waals surface area contributed by atoms with Crippen LogP contribution in [0.3, 0.4) is 0 Å². The van der Waals surface area contributed by atoms with Crippen LogP contribution in [0.1, 0.15) is 31.9 Å². The molecule has 1 amide bonds. The molecule has 0 heterocycles. The van der Waals surface area contributed by atoms with E-state index < -0.39 is 11.7 Å². The summed E-state index contributed by atoms with van der Waals surface area (Å²) < 4.78 is 5.21. The quantitative estimate of drug-likeness (QED) is 0.832. The van der Waals surface area contributed by atoms with Crippen molar-refractivity contribution in [3.05, 3.63) is 53.6 Å². The molecule has 4 nitrogen and oxygen atoms in total. The second-order valence-electron chi connectivity index (χ2n) is 6.65. The molecule has 23 heavy (non-hydrogen) atoms. The van der Waals surface area contributed by atoms with Crippen molar-refractivity contribution in [1.82, 2.24) is 5.32 Å². The summed E-state index contributed by atoms with van der Waals surface area (Å²) in [5, 5.41) is 2.73. The summed E-state index contributed by atoms with van der Waals surface area (Å²) in [5.41, 5.74) is 10.6. The van der Waals surface area contributed by atoms with E-state index in [1.807, 2.05) is 51.1 Å². The van der Waals surface area contributed by atoms with Gasteiger partial charge in [0.15, 0.2) is 0 Å². The van der Waals surface area contributed by atoms with Gasteiger partial charge in [0, 0.05) is 17.8 Å². The van der Waals surface area contributed by atoms with Crippen molar-refractivity contribution >= 4 is 11.8 Å². The summed E-state index contributed by atoms with van der Waals surface area (Å²) in [6, 6.07) is 14.0. The molecule has 122 valence electrons. The monoisotopic (exact) mass is 312 g/mol. The van der Waals surface area contributed by atoms with E-state index in [4.69, 9.17) is 10.5 Å². The van der Waals surface area contributed by atoms with Gasteiger partial charge in [0.05, 0.1) is 0 Å². The maximum Gasteiger partial charge on any atom is 0.407 e. The van der Waals surface area contributed by atoms with Crippen LogP contribution < -0.4 is 11.1 Å². The number of hydrogen-bond donors (Lipinski definition) is 2. The van der Waals surface area contributed by atoms with Gasteiger partial charge in [-0.2, -0.15) is 0 Å². The Bertz CT molecular complexity index is 703. The number of aryl methyl sites for hydroxylation is 1. The minimum Gasteiger partial charge on any atom is -0.444 e. The van der Waals surface area contributed by atoms with Crippen LogP contribution in [0.15, 0.2) is 42.5 Å². The van der Waals surface area contributed by atoms with Crippen LogP contribution in [-0.2, 0) is 11.3 Å². The van der Waals surface area contributed by atoms with Crippen LogP contribution in [-0.4, -0.2) is 11.7 Å². The summed E-state index contributed by atoms with van der Waals surface area (Å²) in [5.74, 6) is 0. The average molecular weight is 312 g/mol. The van der Waals surface area contributed by atoms with Crippen molar-refractivity contribution in [3.8, 4) is 11.1 Å². The number of alkyl carbamates (subject to hydrolysis) is 1. The normalized spacial score (nSPS) is 11.1. The summed E-state index contributed by atoms with van der Waals surface area (Å²) in [6.45, 7) is 7.94. The number of anilines is 1. The lowest BCUT2D eigenvalue weighted by Gasteiger charge is -2.19. The van der Waals surface area contributed by atoms with Crippen molar-refractivity contribution in [2.45, 2.75) is 39.8 Å². The standard InChI is InChI=1S/C19H24N2O2/c1-13-6-5-7-15(10-13)16-9-8-14(11-17(16)20)12-21-18(22)23-19(2,3)4/h5-11H,12,20H2,1-4H3,(H,21,22). The second kappa shape index (κ2) is 6.73. The van der Waals surface area contributed by atoms with Gasteiger partial charge in [-0.05, 0) is 44.9 Å². The van der Waals surface area contributed by atoms with Gasteiger partial charge in [0.25, 0.3) is 0 Å². The Labute approximate surface area is 137 Å². The zero-order chi connectivity index (χ0) is 17.0. The Morgan fingerprint density at radius 2 is 1.91 bits per heavy atom. The van der Waals surface area contributed by atoms with Crippen LogP contribution in [0.25, 0.3) is 11.1 Å². The SMILES string of the molecule is Cc1cccc(-c2ccc(CNC(=O)OC(C)(C)C)cc2N)c1. The van der Waals surface area contributed by atoms with Crippen molar-refractivity contribution in [1.29, 1.82) is 0 Å². The van der Waals surface area contributed by atoms with Gasteiger partial charge < -0.3 is 15.8 Å². The van der Waals surface area contributed by atoms with E-state index in [1.165, 1.54) is 5.56 Å². The lowest BCUT2D eigenvalue weighted by atomic mass is 10.0. The van der Waals surface area contributed by atoms with Crippen LogP contribution in [0.2, 0.25) is 0 Å². The van der Waals surface area contributed by atoms with Crippen molar-refractivity contribution < 1.29 is 9.53 Å². The highest BCUT2D eigenvalue weighted by Gasteiger charge is 2.15. The maximum absolute atomic E-state index is 11.7. The molecule has 0 spiro atoms. The fourth-order valence-corrected chi connectivity index (χ4v) is 2.29. The smallest absolute Gasteiger partial charge is 0.407 e. The van der Waals surface area contributed by atoms with Gasteiger partial charge in [-0.15, -0.1) is 0 Å². The number of benzene rings is 2. The molecular formula is C19H24N2O2. The van der Waals surface area contributed by atoms with Gasteiger partial charge in [0.1, 0.15) is 5.60 Å². The molecule has 2 rings (SSSR count). The molecule has 0 fully saturated rings. The number of ether oxygens (including phenoxy) is 1. The molecule has 0 atom stereocenters.